The molecular weight excluding hydrogens is 432 g/mol. The van der Waals surface area contributed by atoms with Crippen molar-refractivity contribution in [3.63, 3.8) is 0 Å². The Kier molecular flexibility index (Phi) is 7.29. The minimum Gasteiger partial charge on any atom is -0.381 e. The minimum absolute atomic E-state index is 0.291. The third-order valence-electron chi connectivity index (χ3n) is 7.71. The second-order valence-corrected chi connectivity index (χ2v) is 10.4. The first-order valence-electron chi connectivity index (χ1n) is 13.0. The van der Waals surface area contributed by atoms with Crippen molar-refractivity contribution >= 4 is 5.91 Å². The van der Waals surface area contributed by atoms with Gasteiger partial charge in [0.05, 0.1) is 5.41 Å². The third-order valence-corrected chi connectivity index (χ3v) is 7.71. The van der Waals surface area contributed by atoms with Gasteiger partial charge in [-0.15, -0.1) is 0 Å². The molecular formula is C31H36N2O2. The van der Waals surface area contributed by atoms with Gasteiger partial charge in [-0.25, -0.2) is 0 Å². The largest absolute Gasteiger partial charge is 0.381 e. The number of nitrogens with zero attached hydrogens (tertiary/aromatic N) is 2. The van der Waals surface area contributed by atoms with Crippen LogP contribution in [0.5, 0.6) is 0 Å². The van der Waals surface area contributed by atoms with Gasteiger partial charge in [0.25, 0.3) is 0 Å². The lowest BCUT2D eigenvalue weighted by atomic mass is 9.73. The van der Waals surface area contributed by atoms with Gasteiger partial charge in [0.15, 0.2) is 0 Å². The van der Waals surface area contributed by atoms with Gasteiger partial charge in [-0.3, -0.25) is 9.78 Å². The molecule has 3 aromatic rings. The highest BCUT2D eigenvalue weighted by Crippen LogP contribution is 2.38. The van der Waals surface area contributed by atoms with Gasteiger partial charge in [-0.1, -0.05) is 66.2 Å². The van der Waals surface area contributed by atoms with Crippen LogP contribution in [-0.2, 0) is 22.4 Å². The highest BCUT2D eigenvalue weighted by atomic mass is 16.5. The van der Waals surface area contributed by atoms with Crippen LogP contribution in [0.15, 0.2) is 72.8 Å². The Labute approximate surface area is 209 Å². The van der Waals surface area contributed by atoms with Crippen molar-refractivity contribution in [2.45, 2.75) is 51.4 Å². The molecule has 3 heterocycles. The monoisotopic (exact) mass is 468 g/mol. The lowest BCUT2D eigenvalue weighted by molar-refractivity contribution is -0.149. The van der Waals surface area contributed by atoms with Gasteiger partial charge in [0.1, 0.15) is 0 Å². The van der Waals surface area contributed by atoms with Gasteiger partial charge in [0.2, 0.25) is 5.91 Å². The number of aromatic nitrogens is 1. The smallest absolute Gasteiger partial charge is 0.229 e. The average molecular weight is 469 g/mol. The van der Waals surface area contributed by atoms with Crippen LogP contribution < -0.4 is 0 Å². The van der Waals surface area contributed by atoms with E-state index in [0.717, 1.165) is 63.0 Å². The molecule has 2 saturated heterocycles. The number of benzene rings is 2. The van der Waals surface area contributed by atoms with Crippen LogP contribution in [-0.4, -0.2) is 42.1 Å². The second kappa shape index (κ2) is 10.7. The number of ether oxygens (including phenoxy) is 1. The molecule has 1 amide bonds. The fraction of sp³-hybridized carbons (Fsp3) is 0.419. The van der Waals surface area contributed by atoms with Crippen LogP contribution in [0.4, 0.5) is 0 Å². The number of piperidine rings is 1. The summed E-state index contributed by atoms with van der Waals surface area (Å²) in [5.74, 6) is 0.601. The van der Waals surface area contributed by atoms with Gasteiger partial charge >= 0.3 is 0 Å². The molecule has 4 heteroatoms. The highest BCUT2D eigenvalue weighted by molar-refractivity contribution is 5.83. The number of likely N-dealkylation sites (tertiary alicyclic amines) is 1. The SMILES string of the molecule is Cc1cccc(Cc2cccc([C@H]3CCCN(C(=O)C4(Cc5ccccc5)CCOCC4)C3)n2)c1. The first-order valence-corrected chi connectivity index (χ1v) is 13.0. The molecule has 182 valence electrons. The minimum atomic E-state index is -0.359. The zero-order chi connectivity index (χ0) is 24.1. The van der Waals surface area contributed by atoms with E-state index in [2.05, 4.69) is 78.6 Å². The van der Waals surface area contributed by atoms with Crippen LogP contribution >= 0.6 is 0 Å². The van der Waals surface area contributed by atoms with E-state index in [1.54, 1.807) is 0 Å². The van der Waals surface area contributed by atoms with E-state index in [1.165, 1.54) is 16.7 Å². The highest BCUT2D eigenvalue weighted by Gasteiger charge is 2.43. The van der Waals surface area contributed by atoms with Crippen molar-refractivity contribution in [3.8, 4) is 0 Å². The molecule has 0 aliphatic carbocycles. The summed E-state index contributed by atoms with van der Waals surface area (Å²) in [6.07, 6.45) is 5.34. The van der Waals surface area contributed by atoms with E-state index in [4.69, 9.17) is 9.72 Å². The topological polar surface area (TPSA) is 42.4 Å². The first-order chi connectivity index (χ1) is 17.1. The summed E-state index contributed by atoms with van der Waals surface area (Å²) in [5, 5.41) is 0. The molecule has 1 aromatic heterocycles. The molecule has 2 aromatic carbocycles. The van der Waals surface area contributed by atoms with Crippen LogP contribution in [0.3, 0.4) is 0 Å². The zero-order valence-electron chi connectivity index (χ0n) is 20.8. The maximum atomic E-state index is 14.0. The molecule has 0 unspecified atom stereocenters. The Bertz CT molecular complexity index is 1140. The number of carbonyl (C=O) groups is 1. The predicted molar refractivity (Wildman–Crippen MR) is 139 cm³/mol. The maximum Gasteiger partial charge on any atom is 0.229 e. The van der Waals surface area contributed by atoms with E-state index in [-0.39, 0.29) is 5.41 Å². The molecule has 35 heavy (non-hydrogen) atoms. The number of hydrogen-bond acceptors (Lipinski definition) is 3. The fourth-order valence-electron chi connectivity index (χ4n) is 5.81. The Morgan fingerprint density at radius 2 is 1.77 bits per heavy atom. The van der Waals surface area contributed by atoms with Crippen LogP contribution in [0.2, 0.25) is 0 Å². The molecule has 2 fully saturated rings. The van der Waals surface area contributed by atoms with Crippen molar-refractivity contribution in [2.75, 3.05) is 26.3 Å². The Morgan fingerprint density at radius 3 is 2.57 bits per heavy atom. The summed E-state index contributed by atoms with van der Waals surface area (Å²) in [6.45, 7) is 5.06. The maximum absolute atomic E-state index is 14.0. The normalized spacial score (nSPS) is 19.9. The number of amides is 1. The molecule has 0 bridgehead atoms. The van der Waals surface area contributed by atoms with Crippen molar-refractivity contribution in [3.05, 3.63) is 101 Å². The Balaban J connectivity index is 1.32. The van der Waals surface area contributed by atoms with E-state index >= 15 is 0 Å². The molecule has 4 nitrogen and oxygen atoms in total. The summed E-state index contributed by atoms with van der Waals surface area (Å²) >= 11 is 0. The molecule has 1 atom stereocenters. The number of carbonyl (C=O) groups excluding carboxylic acids is 1. The van der Waals surface area contributed by atoms with Gasteiger partial charge < -0.3 is 9.64 Å². The van der Waals surface area contributed by atoms with Crippen LogP contribution in [0.1, 0.15) is 59.7 Å². The summed E-state index contributed by atoms with van der Waals surface area (Å²) < 4.78 is 5.68. The number of aryl methyl sites for hydroxylation is 1. The van der Waals surface area contributed by atoms with Gasteiger partial charge in [-0.2, -0.15) is 0 Å². The molecule has 0 radical (unpaired) electrons. The van der Waals surface area contributed by atoms with Gasteiger partial charge in [-0.05, 0) is 62.3 Å². The van der Waals surface area contributed by atoms with Crippen LogP contribution in [0.25, 0.3) is 0 Å². The molecule has 0 spiro atoms. The average Bonchev–Trinajstić information content (AvgIpc) is 2.90. The summed E-state index contributed by atoms with van der Waals surface area (Å²) in [5.41, 5.74) is 5.66. The molecule has 0 saturated carbocycles. The predicted octanol–water partition coefficient (Wildman–Crippen LogP) is 5.73. The fourth-order valence-corrected chi connectivity index (χ4v) is 5.81. The Hall–Kier alpha value is -2.98. The van der Waals surface area contributed by atoms with Gasteiger partial charge in [0, 0.05) is 50.0 Å². The summed E-state index contributed by atoms with van der Waals surface area (Å²) in [7, 11) is 0. The van der Waals surface area contributed by atoms with Crippen LogP contribution in [0, 0.1) is 12.3 Å². The number of rotatable bonds is 6. The molecule has 5 rings (SSSR count). The molecule has 2 aliphatic rings. The van der Waals surface area contributed by atoms with Crippen molar-refractivity contribution in [1.29, 1.82) is 0 Å². The summed E-state index contributed by atoms with van der Waals surface area (Å²) in [4.78, 5) is 21.2. The first kappa shape index (κ1) is 23.7. The lowest BCUT2D eigenvalue weighted by Crippen LogP contribution is -2.51. The van der Waals surface area contributed by atoms with E-state index < -0.39 is 0 Å². The van der Waals surface area contributed by atoms with E-state index in [9.17, 15) is 4.79 Å². The lowest BCUT2D eigenvalue weighted by Gasteiger charge is -2.42. The summed E-state index contributed by atoms with van der Waals surface area (Å²) in [6, 6.07) is 25.5. The van der Waals surface area contributed by atoms with Crippen molar-refractivity contribution in [2.24, 2.45) is 5.41 Å². The van der Waals surface area contributed by atoms with E-state index in [1.807, 2.05) is 6.07 Å². The quantitative estimate of drug-likeness (QED) is 0.464. The second-order valence-electron chi connectivity index (χ2n) is 10.4. The number of pyridine rings is 1. The molecule has 2 aliphatic heterocycles. The van der Waals surface area contributed by atoms with Crippen molar-refractivity contribution in [1.82, 2.24) is 9.88 Å². The number of hydrogen-bond donors (Lipinski definition) is 0. The Morgan fingerprint density at radius 1 is 1.00 bits per heavy atom. The third kappa shape index (κ3) is 5.65. The van der Waals surface area contributed by atoms with Crippen molar-refractivity contribution < 1.29 is 9.53 Å². The molecule has 0 N–H and O–H groups in total. The standard InChI is InChI=1S/C31H36N2O2/c1-24-8-5-11-26(20-24)21-28-13-6-14-29(32-28)27-12-7-17-33(23-27)30(34)31(15-18-35-19-16-31)22-25-9-3-2-4-10-25/h2-6,8-11,13-14,20,27H,7,12,15-19,21-23H2,1H3/t27-/m0/s1. The zero-order valence-corrected chi connectivity index (χ0v) is 20.8. The van der Waals surface area contributed by atoms with E-state index in [0.29, 0.717) is 25.0 Å².